The Kier molecular flexibility index (Phi) is 6.34. The number of hydrogen-bond acceptors (Lipinski definition) is 5. The summed E-state index contributed by atoms with van der Waals surface area (Å²) in [5, 5.41) is 9.60. The van der Waals surface area contributed by atoms with E-state index in [9.17, 15) is 4.79 Å². The lowest BCUT2D eigenvalue weighted by Crippen LogP contribution is -2.26. The van der Waals surface area contributed by atoms with Crippen LogP contribution >= 0.6 is 23.1 Å². The van der Waals surface area contributed by atoms with Gasteiger partial charge in [-0.2, -0.15) is 0 Å². The third-order valence-electron chi connectivity index (χ3n) is 5.38. The van der Waals surface area contributed by atoms with Crippen molar-refractivity contribution in [1.82, 2.24) is 19.7 Å². The normalized spacial score (nSPS) is 16.7. The van der Waals surface area contributed by atoms with Gasteiger partial charge in [-0.1, -0.05) is 38.6 Å². The number of amides is 1. The SMILES string of the molecule is C=CCn1c(SCC(=O)N(C)C)nnc1-c1cc2c(s1)CC[C@H](C(C)(C)C)C2. The minimum absolute atomic E-state index is 0.0690. The summed E-state index contributed by atoms with van der Waals surface area (Å²) in [7, 11) is 3.54. The predicted molar refractivity (Wildman–Crippen MR) is 118 cm³/mol. The van der Waals surface area contributed by atoms with Crippen molar-refractivity contribution in [1.29, 1.82) is 0 Å². The zero-order valence-corrected chi connectivity index (χ0v) is 19.1. The van der Waals surface area contributed by atoms with Crippen molar-refractivity contribution in [2.45, 2.75) is 51.7 Å². The molecule has 0 saturated heterocycles. The molecule has 2 heterocycles. The first-order chi connectivity index (χ1) is 13.2. The number of aryl methyl sites for hydroxylation is 1. The second kappa shape index (κ2) is 8.41. The molecule has 0 fully saturated rings. The van der Waals surface area contributed by atoms with E-state index >= 15 is 0 Å². The van der Waals surface area contributed by atoms with Crippen molar-refractivity contribution < 1.29 is 4.79 Å². The zero-order valence-electron chi connectivity index (χ0n) is 17.5. The molecule has 28 heavy (non-hydrogen) atoms. The van der Waals surface area contributed by atoms with Gasteiger partial charge in [0.05, 0.1) is 10.6 Å². The van der Waals surface area contributed by atoms with Crippen molar-refractivity contribution >= 4 is 29.0 Å². The van der Waals surface area contributed by atoms with Crippen LogP contribution in [0.15, 0.2) is 23.9 Å². The summed E-state index contributed by atoms with van der Waals surface area (Å²) in [6.45, 7) is 11.5. The van der Waals surface area contributed by atoms with Crippen molar-refractivity contribution in [3.05, 3.63) is 29.2 Å². The molecule has 0 radical (unpaired) electrons. The topological polar surface area (TPSA) is 51.0 Å². The van der Waals surface area contributed by atoms with Gasteiger partial charge in [0.2, 0.25) is 5.91 Å². The van der Waals surface area contributed by atoms with Crippen LogP contribution in [0.3, 0.4) is 0 Å². The van der Waals surface area contributed by atoms with Crippen LogP contribution < -0.4 is 0 Å². The highest BCUT2D eigenvalue weighted by atomic mass is 32.2. The summed E-state index contributed by atoms with van der Waals surface area (Å²) < 4.78 is 2.07. The van der Waals surface area contributed by atoms with Crippen LogP contribution in [0.4, 0.5) is 0 Å². The molecule has 0 N–H and O–H groups in total. The maximum absolute atomic E-state index is 11.9. The number of allylic oxidation sites excluding steroid dienone is 1. The summed E-state index contributed by atoms with van der Waals surface area (Å²) in [5.41, 5.74) is 1.81. The Hall–Kier alpha value is -1.60. The third kappa shape index (κ3) is 4.51. The Labute approximate surface area is 176 Å². The molecule has 0 bridgehead atoms. The van der Waals surface area contributed by atoms with Gasteiger partial charge >= 0.3 is 0 Å². The molecule has 0 aromatic carbocycles. The number of thioether (sulfide) groups is 1. The number of rotatable bonds is 6. The summed E-state index contributed by atoms with van der Waals surface area (Å²) in [6.07, 6.45) is 5.40. The van der Waals surface area contributed by atoms with Crippen LogP contribution in [0.5, 0.6) is 0 Å². The van der Waals surface area contributed by atoms with Crippen LogP contribution in [0.2, 0.25) is 0 Å². The molecule has 1 aliphatic rings. The van der Waals surface area contributed by atoms with Crippen molar-refractivity contribution in [2.75, 3.05) is 19.8 Å². The lowest BCUT2D eigenvalue weighted by Gasteiger charge is -2.33. The molecule has 0 aliphatic heterocycles. The van der Waals surface area contributed by atoms with Crippen LogP contribution in [-0.2, 0) is 24.2 Å². The van der Waals surface area contributed by atoms with Gasteiger partial charge in [0.25, 0.3) is 0 Å². The molecule has 0 saturated carbocycles. The molecule has 2 aromatic heterocycles. The fourth-order valence-electron chi connectivity index (χ4n) is 3.50. The van der Waals surface area contributed by atoms with E-state index in [0.29, 0.717) is 17.7 Å². The van der Waals surface area contributed by atoms with E-state index in [1.165, 1.54) is 33.5 Å². The number of hydrogen-bond donors (Lipinski definition) is 0. The van der Waals surface area contributed by atoms with E-state index in [2.05, 4.69) is 48.2 Å². The Balaban J connectivity index is 1.85. The molecule has 1 aliphatic carbocycles. The Bertz CT molecular complexity index is 860. The fraction of sp³-hybridized carbons (Fsp3) is 0.571. The van der Waals surface area contributed by atoms with Gasteiger partial charge in [-0.05, 0) is 42.2 Å². The van der Waals surface area contributed by atoms with Gasteiger partial charge in [0.15, 0.2) is 11.0 Å². The summed E-state index contributed by atoms with van der Waals surface area (Å²) >= 11 is 3.27. The first kappa shape index (κ1) is 21.1. The van der Waals surface area contributed by atoms with Gasteiger partial charge in [0, 0.05) is 25.5 Å². The van der Waals surface area contributed by atoms with E-state index in [4.69, 9.17) is 0 Å². The van der Waals surface area contributed by atoms with Gasteiger partial charge < -0.3 is 4.90 Å². The number of fused-ring (bicyclic) bond motifs is 1. The number of carbonyl (C=O) groups is 1. The average Bonchev–Trinajstić information content (AvgIpc) is 3.22. The Morgan fingerprint density at radius 1 is 1.43 bits per heavy atom. The minimum Gasteiger partial charge on any atom is -0.348 e. The van der Waals surface area contributed by atoms with Crippen LogP contribution in [0.25, 0.3) is 10.7 Å². The second-order valence-corrected chi connectivity index (χ2v) is 10.7. The van der Waals surface area contributed by atoms with Gasteiger partial charge in [-0.3, -0.25) is 9.36 Å². The van der Waals surface area contributed by atoms with Crippen LogP contribution in [0, 0.1) is 11.3 Å². The minimum atomic E-state index is 0.0690. The van der Waals surface area contributed by atoms with E-state index in [1.807, 2.05) is 17.4 Å². The molecular weight excluding hydrogens is 388 g/mol. The van der Waals surface area contributed by atoms with Gasteiger partial charge in [0.1, 0.15) is 0 Å². The number of aromatic nitrogens is 3. The van der Waals surface area contributed by atoms with Gasteiger partial charge in [-0.15, -0.1) is 28.1 Å². The van der Waals surface area contributed by atoms with Crippen LogP contribution in [-0.4, -0.2) is 45.4 Å². The largest absolute Gasteiger partial charge is 0.348 e. The standard InChI is InChI=1S/C21H30N4OS2/c1-7-10-25-19(22-23-20(25)27-13-18(26)24(5)6)17-12-14-11-15(21(2,3)4)8-9-16(14)28-17/h7,12,15H,1,8-11,13H2,2-6H3/t15-/m0/s1. The highest BCUT2D eigenvalue weighted by Gasteiger charge is 2.30. The zero-order chi connectivity index (χ0) is 20.5. The maximum atomic E-state index is 11.9. The van der Waals surface area contributed by atoms with Crippen molar-refractivity contribution in [3.8, 4) is 10.7 Å². The average molecular weight is 419 g/mol. The molecule has 1 atom stereocenters. The molecular formula is C21H30N4OS2. The van der Waals surface area contributed by atoms with E-state index in [0.717, 1.165) is 29.7 Å². The fourth-order valence-corrected chi connectivity index (χ4v) is 5.63. The quantitative estimate of drug-likeness (QED) is 0.511. The third-order valence-corrected chi connectivity index (χ3v) is 7.56. The maximum Gasteiger partial charge on any atom is 0.232 e. The lowest BCUT2D eigenvalue weighted by molar-refractivity contribution is -0.125. The molecule has 2 aromatic rings. The van der Waals surface area contributed by atoms with Crippen LogP contribution in [0.1, 0.15) is 37.6 Å². The molecule has 5 nitrogen and oxygen atoms in total. The van der Waals surface area contributed by atoms with Crippen molar-refractivity contribution in [3.63, 3.8) is 0 Å². The lowest BCUT2D eigenvalue weighted by atomic mass is 9.72. The molecule has 0 spiro atoms. The first-order valence-electron chi connectivity index (χ1n) is 9.69. The second-order valence-electron chi connectivity index (χ2n) is 8.65. The Morgan fingerprint density at radius 3 is 2.82 bits per heavy atom. The van der Waals surface area contributed by atoms with E-state index in [-0.39, 0.29) is 5.91 Å². The number of carbonyl (C=O) groups excluding carboxylic acids is 1. The number of thiophene rings is 1. The van der Waals surface area contributed by atoms with E-state index < -0.39 is 0 Å². The molecule has 7 heteroatoms. The molecule has 3 rings (SSSR count). The van der Waals surface area contributed by atoms with E-state index in [1.54, 1.807) is 19.0 Å². The molecule has 1 amide bonds. The van der Waals surface area contributed by atoms with Gasteiger partial charge in [-0.25, -0.2) is 0 Å². The Morgan fingerprint density at radius 2 is 2.18 bits per heavy atom. The highest BCUT2D eigenvalue weighted by molar-refractivity contribution is 7.99. The smallest absolute Gasteiger partial charge is 0.232 e. The monoisotopic (exact) mass is 418 g/mol. The van der Waals surface area contributed by atoms with Crippen molar-refractivity contribution in [2.24, 2.45) is 11.3 Å². The summed E-state index contributed by atoms with van der Waals surface area (Å²) in [5.74, 6) is 2.03. The number of nitrogens with zero attached hydrogens (tertiary/aromatic N) is 4. The predicted octanol–water partition coefficient (Wildman–Crippen LogP) is 4.52. The highest BCUT2D eigenvalue weighted by Crippen LogP contribution is 2.42. The molecule has 152 valence electrons. The summed E-state index contributed by atoms with van der Waals surface area (Å²) in [6, 6.07) is 2.31. The summed E-state index contributed by atoms with van der Waals surface area (Å²) in [4.78, 5) is 16.2. The first-order valence-corrected chi connectivity index (χ1v) is 11.5. The molecule has 0 unspecified atom stereocenters.